The van der Waals surface area contributed by atoms with E-state index in [9.17, 15) is 8.42 Å². The third kappa shape index (κ3) is 2.92. The van der Waals surface area contributed by atoms with Gasteiger partial charge in [-0.1, -0.05) is 12.8 Å². The Morgan fingerprint density at radius 2 is 2.07 bits per heavy atom. The molecule has 0 saturated carbocycles. The van der Waals surface area contributed by atoms with Crippen LogP contribution in [0.1, 0.15) is 39.5 Å². The predicted octanol–water partition coefficient (Wildman–Crippen LogP) is 0.928. The molecule has 1 aliphatic heterocycles. The SMILES string of the molecule is CC1CCCCCN1S(=O)(=O)C(C)CN. The maximum Gasteiger partial charge on any atom is 0.218 e. The predicted molar refractivity (Wildman–Crippen MR) is 62.1 cm³/mol. The number of hydrogen-bond acceptors (Lipinski definition) is 3. The summed E-state index contributed by atoms with van der Waals surface area (Å²) in [5.41, 5.74) is 5.44. The summed E-state index contributed by atoms with van der Waals surface area (Å²) >= 11 is 0. The van der Waals surface area contributed by atoms with E-state index in [1.807, 2.05) is 6.92 Å². The molecule has 2 atom stereocenters. The lowest BCUT2D eigenvalue weighted by atomic mass is 10.1. The molecule has 0 aromatic carbocycles. The molecule has 4 nitrogen and oxygen atoms in total. The van der Waals surface area contributed by atoms with Crippen LogP contribution in [0.25, 0.3) is 0 Å². The second-order valence-electron chi connectivity index (χ2n) is 4.40. The zero-order valence-corrected chi connectivity index (χ0v) is 10.5. The van der Waals surface area contributed by atoms with Gasteiger partial charge in [0.1, 0.15) is 0 Å². The average molecular weight is 234 g/mol. The van der Waals surface area contributed by atoms with Crippen LogP contribution in [0.2, 0.25) is 0 Å². The standard InChI is InChI=1S/C10H22N2O2S/c1-9-6-4-3-5-7-12(9)15(13,14)10(2)8-11/h9-10H,3-8,11H2,1-2H3. The summed E-state index contributed by atoms with van der Waals surface area (Å²) < 4.78 is 25.9. The first-order valence-electron chi connectivity index (χ1n) is 5.71. The lowest BCUT2D eigenvalue weighted by Gasteiger charge is -2.28. The molecule has 90 valence electrons. The van der Waals surface area contributed by atoms with Gasteiger partial charge in [0.15, 0.2) is 0 Å². The van der Waals surface area contributed by atoms with Gasteiger partial charge in [-0.3, -0.25) is 0 Å². The zero-order valence-electron chi connectivity index (χ0n) is 9.65. The van der Waals surface area contributed by atoms with Crippen molar-refractivity contribution in [1.29, 1.82) is 0 Å². The van der Waals surface area contributed by atoms with Crippen LogP contribution in [-0.2, 0) is 10.0 Å². The summed E-state index contributed by atoms with van der Waals surface area (Å²) in [6.07, 6.45) is 4.20. The number of nitrogens with zero attached hydrogens (tertiary/aromatic N) is 1. The van der Waals surface area contributed by atoms with Crippen molar-refractivity contribution < 1.29 is 8.42 Å². The number of sulfonamides is 1. The van der Waals surface area contributed by atoms with Crippen molar-refractivity contribution in [2.45, 2.75) is 50.8 Å². The topological polar surface area (TPSA) is 63.4 Å². The summed E-state index contributed by atoms with van der Waals surface area (Å²) in [4.78, 5) is 0. The molecule has 0 aromatic rings. The fourth-order valence-electron chi connectivity index (χ4n) is 1.98. The molecule has 1 rings (SSSR count). The Balaban J connectivity index is 2.83. The molecule has 0 spiro atoms. The van der Waals surface area contributed by atoms with Crippen molar-refractivity contribution >= 4 is 10.0 Å². The summed E-state index contributed by atoms with van der Waals surface area (Å²) in [5.74, 6) is 0. The average Bonchev–Trinajstić information content (AvgIpc) is 2.41. The molecule has 2 N–H and O–H groups in total. The van der Waals surface area contributed by atoms with E-state index in [4.69, 9.17) is 5.73 Å². The third-order valence-corrected chi connectivity index (χ3v) is 5.56. The van der Waals surface area contributed by atoms with Gasteiger partial charge < -0.3 is 5.73 Å². The third-order valence-electron chi connectivity index (χ3n) is 3.16. The van der Waals surface area contributed by atoms with Gasteiger partial charge in [-0.15, -0.1) is 0 Å². The minimum atomic E-state index is -3.18. The fourth-order valence-corrected chi connectivity index (χ4v) is 3.68. The molecular formula is C10H22N2O2S. The molecule has 0 aliphatic carbocycles. The highest BCUT2D eigenvalue weighted by Crippen LogP contribution is 2.21. The summed E-state index contributed by atoms with van der Waals surface area (Å²) in [5, 5.41) is -0.460. The number of hydrogen-bond donors (Lipinski definition) is 1. The van der Waals surface area contributed by atoms with E-state index < -0.39 is 15.3 Å². The van der Waals surface area contributed by atoms with E-state index in [0.717, 1.165) is 25.7 Å². The van der Waals surface area contributed by atoms with Gasteiger partial charge in [-0.25, -0.2) is 8.42 Å². The van der Waals surface area contributed by atoms with Crippen molar-refractivity contribution in [2.24, 2.45) is 5.73 Å². The Labute approximate surface area is 92.9 Å². The van der Waals surface area contributed by atoms with Crippen LogP contribution < -0.4 is 5.73 Å². The highest BCUT2D eigenvalue weighted by atomic mass is 32.2. The van der Waals surface area contributed by atoms with E-state index >= 15 is 0 Å². The molecule has 0 radical (unpaired) electrons. The Bertz CT molecular complexity index is 290. The zero-order chi connectivity index (χ0) is 11.5. The largest absolute Gasteiger partial charge is 0.329 e. The second kappa shape index (κ2) is 5.27. The van der Waals surface area contributed by atoms with E-state index in [1.165, 1.54) is 0 Å². The molecule has 2 unspecified atom stereocenters. The van der Waals surface area contributed by atoms with Crippen LogP contribution in [0.15, 0.2) is 0 Å². The molecule has 0 bridgehead atoms. The van der Waals surface area contributed by atoms with E-state index in [1.54, 1.807) is 11.2 Å². The van der Waals surface area contributed by atoms with Crippen molar-refractivity contribution in [3.05, 3.63) is 0 Å². The highest BCUT2D eigenvalue weighted by molar-refractivity contribution is 7.89. The molecule has 0 amide bonds. The summed E-state index contributed by atoms with van der Waals surface area (Å²) in [6, 6.07) is 0.131. The smallest absolute Gasteiger partial charge is 0.218 e. The lowest BCUT2D eigenvalue weighted by molar-refractivity contribution is 0.338. The van der Waals surface area contributed by atoms with Crippen molar-refractivity contribution in [2.75, 3.05) is 13.1 Å². The first-order chi connectivity index (χ1) is 7.00. The van der Waals surface area contributed by atoms with Crippen molar-refractivity contribution in [1.82, 2.24) is 4.31 Å². The van der Waals surface area contributed by atoms with E-state index in [2.05, 4.69) is 0 Å². The normalized spacial score (nSPS) is 27.3. The number of rotatable bonds is 3. The Morgan fingerprint density at radius 1 is 1.40 bits per heavy atom. The van der Waals surface area contributed by atoms with Crippen LogP contribution in [0.4, 0.5) is 0 Å². The minimum absolute atomic E-state index is 0.131. The second-order valence-corrected chi connectivity index (χ2v) is 6.70. The molecule has 15 heavy (non-hydrogen) atoms. The molecule has 1 saturated heterocycles. The van der Waals surface area contributed by atoms with Crippen LogP contribution in [0.3, 0.4) is 0 Å². The maximum absolute atomic E-state index is 12.1. The molecule has 1 heterocycles. The van der Waals surface area contributed by atoms with Crippen molar-refractivity contribution in [3.63, 3.8) is 0 Å². The lowest BCUT2D eigenvalue weighted by Crippen LogP contribution is -2.45. The summed E-state index contributed by atoms with van der Waals surface area (Å²) in [7, 11) is -3.18. The maximum atomic E-state index is 12.1. The molecular weight excluding hydrogens is 212 g/mol. The van der Waals surface area contributed by atoms with Gasteiger partial charge >= 0.3 is 0 Å². The Hall–Kier alpha value is -0.130. The van der Waals surface area contributed by atoms with Gasteiger partial charge in [0, 0.05) is 19.1 Å². The van der Waals surface area contributed by atoms with Crippen LogP contribution >= 0.6 is 0 Å². The summed E-state index contributed by atoms with van der Waals surface area (Å²) in [6.45, 7) is 4.54. The molecule has 0 aromatic heterocycles. The molecule has 5 heteroatoms. The van der Waals surface area contributed by atoms with Gasteiger partial charge in [-0.05, 0) is 26.7 Å². The minimum Gasteiger partial charge on any atom is -0.329 e. The number of nitrogens with two attached hydrogens (primary N) is 1. The van der Waals surface area contributed by atoms with Crippen LogP contribution in [0.5, 0.6) is 0 Å². The highest BCUT2D eigenvalue weighted by Gasteiger charge is 2.31. The van der Waals surface area contributed by atoms with Crippen LogP contribution in [-0.4, -0.2) is 37.1 Å². The first-order valence-corrected chi connectivity index (χ1v) is 7.21. The van der Waals surface area contributed by atoms with Crippen molar-refractivity contribution in [3.8, 4) is 0 Å². The quantitative estimate of drug-likeness (QED) is 0.790. The fraction of sp³-hybridized carbons (Fsp3) is 1.00. The molecule has 1 fully saturated rings. The van der Waals surface area contributed by atoms with Gasteiger partial charge in [-0.2, -0.15) is 4.31 Å². The van der Waals surface area contributed by atoms with E-state index in [-0.39, 0.29) is 12.6 Å². The van der Waals surface area contributed by atoms with Crippen LogP contribution in [0, 0.1) is 0 Å². The Kier molecular flexibility index (Phi) is 4.55. The monoisotopic (exact) mass is 234 g/mol. The van der Waals surface area contributed by atoms with Gasteiger partial charge in [0.25, 0.3) is 0 Å². The molecule has 1 aliphatic rings. The van der Waals surface area contributed by atoms with Gasteiger partial charge in [0.2, 0.25) is 10.0 Å². The van der Waals surface area contributed by atoms with Gasteiger partial charge in [0.05, 0.1) is 5.25 Å². The first kappa shape index (κ1) is 12.9. The van der Waals surface area contributed by atoms with E-state index in [0.29, 0.717) is 6.54 Å². The Morgan fingerprint density at radius 3 is 2.67 bits per heavy atom.